The van der Waals surface area contributed by atoms with Crippen LogP contribution in [0.1, 0.15) is 33.6 Å². The van der Waals surface area contributed by atoms with Crippen LogP contribution in [-0.4, -0.2) is 16.1 Å². The summed E-state index contributed by atoms with van der Waals surface area (Å²) in [6, 6.07) is 0. The van der Waals surface area contributed by atoms with Crippen molar-refractivity contribution >= 4 is 5.97 Å². The molecule has 94 valence electrons. The molecule has 0 aliphatic rings. The van der Waals surface area contributed by atoms with Crippen molar-refractivity contribution in [2.45, 2.75) is 19.5 Å². The molecule has 0 aromatic carbocycles. The number of alkyl halides is 5. The molecule has 1 N–H and O–H groups in total. The Morgan fingerprint density at radius 1 is 1.41 bits per heavy atom. The van der Waals surface area contributed by atoms with Crippen molar-refractivity contribution in [3.63, 3.8) is 0 Å². The van der Waals surface area contributed by atoms with Gasteiger partial charge in [0.2, 0.25) is 0 Å². The van der Waals surface area contributed by atoms with Crippen LogP contribution >= 0.6 is 0 Å². The van der Waals surface area contributed by atoms with Gasteiger partial charge in [-0.3, -0.25) is 4.98 Å². The third-order valence-corrected chi connectivity index (χ3v) is 2.00. The second kappa shape index (κ2) is 4.27. The van der Waals surface area contributed by atoms with E-state index in [1.807, 2.05) is 0 Å². The lowest BCUT2D eigenvalue weighted by Gasteiger charge is -2.15. The number of hydrogen-bond donors (Lipinski definition) is 1. The molecular weight excluding hydrogens is 249 g/mol. The van der Waals surface area contributed by atoms with Crippen LogP contribution in [0.25, 0.3) is 0 Å². The fraction of sp³-hybridized carbons (Fsp3) is 0.333. The molecule has 1 aromatic heterocycles. The summed E-state index contributed by atoms with van der Waals surface area (Å²) in [6.07, 6.45) is -8.01. The average Bonchev–Trinajstić information content (AvgIpc) is 2.14. The maximum atomic E-state index is 12.6. The first-order valence-electron chi connectivity index (χ1n) is 4.24. The number of hydrogen-bond acceptors (Lipinski definition) is 2. The van der Waals surface area contributed by atoms with Gasteiger partial charge in [-0.2, -0.15) is 13.2 Å². The third kappa shape index (κ3) is 2.51. The maximum Gasteiger partial charge on any atom is 0.419 e. The van der Waals surface area contributed by atoms with Gasteiger partial charge in [-0.15, -0.1) is 0 Å². The minimum atomic E-state index is -5.20. The van der Waals surface area contributed by atoms with E-state index in [0.29, 0.717) is 6.20 Å². The van der Waals surface area contributed by atoms with Gasteiger partial charge in [-0.25, -0.2) is 13.6 Å². The van der Waals surface area contributed by atoms with E-state index in [1.165, 1.54) is 0 Å². The zero-order chi connectivity index (χ0) is 13.4. The second-order valence-electron chi connectivity index (χ2n) is 3.18. The minimum Gasteiger partial charge on any atom is -0.478 e. The predicted molar refractivity (Wildman–Crippen MR) is 45.9 cm³/mol. The average molecular weight is 255 g/mol. The Hall–Kier alpha value is -1.73. The molecule has 0 unspecified atom stereocenters. The summed E-state index contributed by atoms with van der Waals surface area (Å²) in [5.41, 5.74) is -4.97. The number of aromatic nitrogens is 1. The van der Waals surface area contributed by atoms with Crippen LogP contribution < -0.4 is 0 Å². The van der Waals surface area contributed by atoms with Crippen molar-refractivity contribution in [1.29, 1.82) is 0 Å². The second-order valence-corrected chi connectivity index (χ2v) is 3.18. The topological polar surface area (TPSA) is 50.2 Å². The normalized spacial score (nSPS) is 11.9. The van der Waals surface area contributed by atoms with Crippen LogP contribution in [0, 0.1) is 6.92 Å². The van der Waals surface area contributed by atoms with Crippen molar-refractivity contribution in [1.82, 2.24) is 4.98 Å². The summed E-state index contributed by atoms with van der Waals surface area (Å²) in [5, 5.41) is 8.64. The molecule has 1 rings (SSSR count). The predicted octanol–water partition coefficient (Wildman–Crippen LogP) is 3.04. The van der Waals surface area contributed by atoms with Gasteiger partial charge in [0.15, 0.2) is 0 Å². The Morgan fingerprint density at radius 2 is 1.94 bits per heavy atom. The molecule has 8 heteroatoms. The van der Waals surface area contributed by atoms with E-state index >= 15 is 0 Å². The number of aromatic carboxylic acids is 1. The van der Waals surface area contributed by atoms with Gasteiger partial charge in [0.25, 0.3) is 6.43 Å². The Bertz CT molecular complexity index is 455. The van der Waals surface area contributed by atoms with Gasteiger partial charge in [0.05, 0.1) is 11.1 Å². The van der Waals surface area contributed by atoms with E-state index < -0.39 is 35.4 Å². The lowest BCUT2D eigenvalue weighted by atomic mass is 10.0. The molecule has 0 spiro atoms. The van der Waals surface area contributed by atoms with Crippen molar-refractivity contribution < 1.29 is 31.9 Å². The molecule has 3 nitrogen and oxygen atoms in total. The third-order valence-electron chi connectivity index (χ3n) is 2.00. The van der Waals surface area contributed by atoms with Gasteiger partial charge in [-0.1, -0.05) is 0 Å². The van der Waals surface area contributed by atoms with E-state index in [0.717, 1.165) is 6.92 Å². The quantitative estimate of drug-likeness (QED) is 0.826. The number of rotatable bonds is 2. The number of nitrogens with zero attached hydrogens (tertiary/aromatic N) is 1. The first kappa shape index (κ1) is 13.3. The molecule has 0 fully saturated rings. The molecule has 0 aliphatic carbocycles. The summed E-state index contributed by atoms with van der Waals surface area (Å²) in [5.74, 6) is -1.92. The molecule has 0 saturated heterocycles. The van der Waals surface area contributed by atoms with E-state index in [-0.39, 0.29) is 5.56 Å². The van der Waals surface area contributed by atoms with Gasteiger partial charge in [0, 0.05) is 6.20 Å². The molecule has 1 heterocycles. The number of carboxylic acids is 1. The van der Waals surface area contributed by atoms with Crippen LogP contribution in [0.2, 0.25) is 0 Å². The standard InChI is InChI=1S/C9H6F5NO2/c1-3-2-15-6(7(10)11)5(9(12,13)14)4(3)8(16)17/h2,7H,1H3,(H,16,17). The van der Waals surface area contributed by atoms with Gasteiger partial charge in [0.1, 0.15) is 5.69 Å². The van der Waals surface area contributed by atoms with Crippen LogP contribution in [0.5, 0.6) is 0 Å². The van der Waals surface area contributed by atoms with Crippen LogP contribution in [0.3, 0.4) is 0 Å². The molecule has 0 aliphatic heterocycles. The Labute approximate surface area is 91.9 Å². The first-order valence-corrected chi connectivity index (χ1v) is 4.24. The number of halogens is 5. The Kier molecular flexibility index (Phi) is 3.35. The summed E-state index contributed by atoms with van der Waals surface area (Å²) in [4.78, 5) is 13.6. The summed E-state index contributed by atoms with van der Waals surface area (Å²) >= 11 is 0. The Balaban J connectivity index is 3.68. The summed E-state index contributed by atoms with van der Waals surface area (Å²) in [7, 11) is 0. The molecule has 1 aromatic rings. The highest BCUT2D eigenvalue weighted by Crippen LogP contribution is 2.38. The molecule has 0 amide bonds. The molecule has 0 atom stereocenters. The minimum absolute atomic E-state index is 0.325. The highest BCUT2D eigenvalue weighted by Gasteiger charge is 2.41. The fourth-order valence-electron chi connectivity index (χ4n) is 1.35. The maximum absolute atomic E-state index is 12.6. The number of pyridine rings is 1. The van der Waals surface area contributed by atoms with Crippen molar-refractivity contribution in [3.8, 4) is 0 Å². The van der Waals surface area contributed by atoms with Crippen LogP contribution in [-0.2, 0) is 6.18 Å². The van der Waals surface area contributed by atoms with E-state index in [1.54, 1.807) is 0 Å². The Morgan fingerprint density at radius 3 is 2.29 bits per heavy atom. The lowest BCUT2D eigenvalue weighted by Crippen LogP contribution is -2.19. The molecular formula is C9H6F5NO2. The SMILES string of the molecule is Cc1cnc(C(F)F)c(C(F)(F)F)c1C(=O)O. The van der Waals surface area contributed by atoms with E-state index in [9.17, 15) is 26.7 Å². The highest BCUT2D eigenvalue weighted by molar-refractivity contribution is 5.91. The summed E-state index contributed by atoms with van der Waals surface area (Å²) in [6.45, 7) is 1.06. The number of aryl methyl sites for hydroxylation is 1. The first-order chi connectivity index (χ1) is 7.66. The number of carbonyl (C=O) groups is 1. The zero-order valence-corrected chi connectivity index (χ0v) is 8.35. The molecule has 17 heavy (non-hydrogen) atoms. The van der Waals surface area contributed by atoms with E-state index in [4.69, 9.17) is 5.11 Å². The molecule has 0 radical (unpaired) electrons. The zero-order valence-electron chi connectivity index (χ0n) is 8.35. The summed E-state index contributed by atoms with van der Waals surface area (Å²) < 4.78 is 62.5. The highest BCUT2D eigenvalue weighted by atomic mass is 19.4. The van der Waals surface area contributed by atoms with Crippen molar-refractivity contribution in [3.05, 3.63) is 28.6 Å². The van der Waals surface area contributed by atoms with Crippen LogP contribution in [0.4, 0.5) is 22.0 Å². The van der Waals surface area contributed by atoms with Gasteiger partial charge < -0.3 is 5.11 Å². The van der Waals surface area contributed by atoms with Crippen LogP contribution in [0.15, 0.2) is 6.20 Å². The lowest BCUT2D eigenvalue weighted by molar-refractivity contribution is -0.140. The van der Waals surface area contributed by atoms with Crippen molar-refractivity contribution in [2.24, 2.45) is 0 Å². The monoisotopic (exact) mass is 255 g/mol. The van der Waals surface area contributed by atoms with Crippen molar-refractivity contribution in [2.75, 3.05) is 0 Å². The van der Waals surface area contributed by atoms with Gasteiger partial charge in [-0.05, 0) is 12.5 Å². The fourth-order valence-corrected chi connectivity index (χ4v) is 1.35. The van der Waals surface area contributed by atoms with E-state index in [2.05, 4.69) is 4.98 Å². The smallest absolute Gasteiger partial charge is 0.419 e. The largest absolute Gasteiger partial charge is 0.478 e. The number of carboxylic acid groups (broad SMARTS) is 1. The molecule has 0 bridgehead atoms. The molecule has 0 saturated carbocycles. The van der Waals surface area contributed by atoms with Gasteiger partial charge >= 0.3 is 12.1 Å².